The highest BCUT2D eigenvalue weighted by Gasteiger charge is 2.32. The van der Waals surface area contributed by atoms with Gasteiger partial charge in [0.15, 0.2) is 11.5 Å². The van der Waals surface area contributed by atoms with E-state index in [1.807, 2.05) is 18.2 Å². The van der Waals surface area contributed by atoms with Gasteiger partial charge in [0.25, 0.3) is 0 Å². The van der Waals surface area contributed by atoms with E-state index in [1.165, 1.54) is 12.1 Å². The normalized spacial score (nSPS) is 16.2. The average Bonchev–Trinajstić information content (AvgIpc) is 2.75. The Morgan fingerprint density at radius 1 is 0.933 bits per heavy atom. The second-order valence-electron chi connectivity index (χ2n) is 7.25. The fourth-order valence-electron chi connectivity index (χ4n) is 4.12. The molecule has 30 heavy (non-hydrogen) atoms. The van der Waals surface area contributed by atoms with Gasteiger partial charge in [0, 0.05) is 29.2 Å². The summed E-state index contributed by atoms with van der Waals surface area (Å²) in [7, 11) is 3.16. The van der Waals surface area contributed by atoms with Gasteiger partial charge in [-0.05, 0) is 47.9 Å². The van der Waals surface area contributed by atoms with Crippen LogP contribution in [0.4, 0.5) is 8.78 Å². The summed E-state index contributed by atoms with van der Waals surface area (Å²) in [6.45, 7) is 0.879. The van der Waals surface area contributed by atoms with E-state index < -0.39 is 6.04 Å². The number of methoxy groups -OCH3 is 2. The van der Waals surface area contributed by atoms with Crippen LogP contribution < -0.4 is 9.47 Å². The van der Waals surface area contributed by atoms with Crippen molar-refractivity contribution in [3.05, 3.63) is 93.5 Å². The molecule has 1 atom stereocenters. The molecule has 0 N–H and O–H groups in total. The highest BCUT2D eigenvalue weighted by molar-refractivity contribution is 6.31. The monoisotopic (exact) mass is 429 g/mol. The van der Waals surface area contributed by atoms with Crippen molar-refractivity contribution >= 4 is 11.6 Å². The molecule has 1 aliphatic rings. The maximum absolute atomic E-state index is 14.9. The fourth-order valence-corrected chi connectivity index (χ4v) is 4.34. The van der Waals surface area contributed by atoms with Crippen LogP contribution >= 0.6 is 11.6 Å². The third-order valence-corrected chi connectivity index (χ3v) is 5.95. The molecule has 0 fully saturated rings. The molecule has 0 spiro atoms. The molecule has 156 valence electrons. The molecule has 0 saturated heterocycles. The van der Waals surface area contributed by atoms with Crippen molar-refractivity contribution in [3.63, 3.8) is 0 Å². The molecule has 1 heterocycles. The molecule has 4 rings (SSSR count). The summed E-state index contributed by atoms with van der Waals surface area (Å²) in [6.07, 6.45) is 0.715. The third-order valence-electron chi connectivity index (χ3n) is 5.60. The van der Waals surface area contributed by atoms with Gasteiger partial charge in [0.05, 0.1) is 20.3 Å². The molecule has 6 heteroatoms. The predicted molar refractivity (Wildman–Crippen MR) is 113 cm³/mol. The number of hydrogen-bond acceptors (Lipinski definition) is 3. The van der Waals surface area contributed by atoms with Crippen LogP contribution in [0.3, 0.4) is 0 Å². The first kappa shape index (κ1) is 20.6. The first-order chi connectivity index (χ1) is 14.5. The minimum absolute atomic E-state index is 0.262. The zero-order chi connectivity index (χ0) is 21.3. The topological polar surface area (TPSA) is 21.7 Å². The van der Waals surface area contributed by atoms with Crippen molar-refractivity contribution < 1.29 is 18.3 Å². The van der Waals surface area contributed by atoms with Gasteiger partial charge in [0.1, 0.15) is 11.6 Å². The smallest absolute Gasteiger partial charge is 0.161 e. The minimum Gasteiger partial charge on any atom is -0.493 e. The molecule has 0 aliphatic carbocycles. The zero-order valence-electron chi connectivity index (χ0n) is 16.8. The molecule has 1 aliphatic heterocycles. The summed E-state index contributed by atoms with van der Waals surface area (Å²) in [5.74, 6) is 0.528. The van der Waals surface area contributed by atoms with Crippen LogP contribution in [0.15, 0.2) is 54.6 Å². The lowest BCUT2D eigenvalue weighted by molar-refractivity contribution is 0.197. The Kier molecular flexibility index (Phi) is 5.93. The Balaban J connectivity index is 1.85. The van der Waals surface area contributed by atoms with Crippen LogP contribution in [0.1, 0.15) is 28.3 Å². The van der Waals surface area contributed by atoms with Gasteiger partial charge in [-0.3, -0.25) is 4.90 Å². The molecule has 1 unspecified atom stereocenters. The summed E-state index contributed by atoms with van der Waals surface area (Å²) < 4.78 is 40.3. The maximum atomic E-state index is 14.9. The molecular weight excluding hydrogens is 408 g/mol. The summed E-state index contributed by atoms with van der Waals surface area (Å²) in [5, 5.41) is 0.361. The summed E-state index contributed by atoms with van der Waals surface area (Å²) in [5.41, 5.74) is 2.90. The zero-order valence-corrected chi connectivity index (χ0v) is 17.5. The Hall–Kier alpha value is -2.63. The van der Waals surface area contributed by atoms with E-state index >= 15 is 0 Å². The molecule has 0 saturated carbocycles. The van der Waals surface area contributed by atoms with Crippen molar-refractivity contribution in [1.82, 2.24) is 4.90 Å². The standard InChI is InChI=1S/C24H22ClF2NO2/c1-29-22-12-15-10-11-28(14-18-19(25)7-5-9-21(18)27)24(17(15)13-23(22)30-2)16-6-3-4-8-20(16)26/h3-9,12-13,24H,10-11,14H2,1-2H3. The molecule has 3 aromatic rings. The predicted octanol–water partition coefficient (Wildman–Crippen LogP) is 5.78. The van der Waals surface area contributed by atoms with Gasteiger partial charge in [-0.1, -0.05) is 35.9 Å². The third kappa shape index (κ3) is 3.75. The summed E-state index contributed by atoms with van der Waals surface area (Å²) in [4.78, 5) is 2.05. The van der Waals surface area contributed by atoms with Crippen molar-refractivity contribution in [3.8, 4) is 11.5 Å². The van der Waals surface area contributed by atoms with Gasteiger partial charge in [-0.15, -0.1) is 0 Å². The van der Waals surface area contributed by atoms with E-state index in [4.69, 9.17) is 21.1 Å². The first-order valence-electron chi connectivity index (χ1n) is 9.69. The number of ether oxygens (including phenoxy) is 2. The number of rotatable bonds is 5. The Morgan fingerprint density at radius 2 is 1.63 bits per heavy atom. The van der Waals surface area contributed by atoms with Crippen molar-refractivity contribution in [1.29, 1.82) is 0 Å². The largest absolute Gasteiger partial charge is 0.493 e. The van der Waals surface area contributed by atoms with Gasteiger partial charge in [-0.2, -0.15) is 0 Å². The van der Waals surface area contributed by atoms with Gasteiger partial charge in [0.2, 0.25) is 0 Å². The Bertz CT molecular complexity index is 1050. The number of benzene rings is 3. The van der Waals surface area contributed by atoms with Crippen LogP contribution in [0.25, 0.3) is 0 Å². The quantitative estimate of drug-likeness (QED) is 0.513. The number of hydrogen-bond donors (Lipinski definition) is 0. The highest BCUT2D eigenvalue weighted by atomic mass is 35.5. The average molecular weight is 430 g/mol. The van der Waals surface area contributed by atoms with E-state index in [1.54, 1.807) is 38.5 Å². The molecule has 0 bridgehead atoms. The van der Waals surface area contributed by atoms with Gasteiger partial charge < -0.3 is 9.47 Å². The van der Waals surface area contributed by atoms with Gasteiger partial charge in [-0.25, -0.2) is 8.78 Å². The van der Waals surface area contributed by atoms with Crippen LogP contribution in [0.5, 0.6) is 11.5 Å². The summed E-state index contributed by atoms with van der Waals surface area (Å²) >= 11 is 6.28. The maximum Gasteiger partial charge on any atom is 0.161 e. The van der Waals surface area contributed by atoms with Crippen LogP contribution in [-0.4, -0.2) is 25.7 Å². The molecule has 0 radical (unpaired) electrons. The number of fused-ring (bicyclic) bond motifs is 1. The molecule has 3 aromatic carbocycles. The Morgan fingerprint density at radius 3 is 2.33 bits per heavy atom. The van der Waals surface area contributed by atoms with Crippen LogP contribution in [0.2, 0.25) is 5.02 Å². The van der Waals surface area contributed by atoms with E-state index in [0.29, 0.717) is 40.6 Å². The van der Waals surface area contributed by atoms with Crippen LogP contribution in [0, 0.1) is 11.6 Å². The summed E-state index contributed by atoms with van der Waals surface area (Å²) in [6, 6.07) is 14.7. The minimum atomic E-state index is -0.412. The first-order valence-corrected chi connectivity index (χ1v) is 10.1. The highest BCUT2D eigenvalue weighted by Crippen LogP contribution is 2.42. The lowest BCUT2D eigenvalue weighted by atomic mass is 9.87. The number of halogens is 3. The van der Waals surface area contributed by atoms with Crippen LogP contribution in [-0.2, 0) is 13.0 Å². The van der Waals surface area contributed by atoms with E-state index in [0.717, 1.165) is 11.1 Å². The van der Waals surface area contributed by atoms with E-state index in [9.17, 15) is 8.78 Å². The van der Waals surface area contributed by atoms with Crippen molar-refractivity contribution in [2.75, 3.05) is 20.8 Å². The molecule has 0 aromatic heterocycles. The second kappa shape index (κ2) is 8.62. The van der Waals surface area contributed by atoms with E-state index in [2.05, 4.69) is 4.90 Å². The van der Waals surface area contributed by atoms with Crippen molar-refractivity contribution in [2.45, 2.75) is 19.0 Å². The van der Waals surface area contributed by atoms with E-state index in [-0.39, 0.29) is 18.2 Å². The van der Waals surface area contributed by atoms with Crippen molar-refractivity contribution in [2.24, 2.45) is 0 Å². The Labute approximate surface area is 179 Å². The second-order valence-corrected chi connectivity index (χ2v) is 7.66. The molecule has 0 amide bonds. The fraction of sp³-hybridized carbons (Fsp3) is 0.250. The molecule has 3 nitrogen and oxygen atoms in total. The SMILES string of the molecule is COc1cc2c(cc1OC)C(c1ccccc1F)N(Cc1c(F)cccc1Cl)CC2. The number of nitrogens with zero attached hydrogens (tertiary/aromatic N) is 1. The lowest BCUT2D eigenvalue weighted by Crippen LogP contribution is -2.36. The van der Waals surface area contributed by atoms with Gasteiger partial charge >= 0.3 is 0 Å². The lowest BCUT2D eigenvalue weighted by Gasteiger charge is -2.38. The molecular formula is C24H22ClF2NO2.